The number of rotatable bonds is 12. The number of ether oxygens (including phenoxy) is 1. The number of H-pyrrole nitrogens is 1. The number of sulfonamides is 1. The first kappa shape index (κ1) is 37.7. The zero-order chi connectivity index (χ0) is 37.1. The van der Waals surface area contributed by atoms with Crippen LogP contribution in [0.2, 0.25) is 0 Å². The lowest BCUT2D eigenvalue weighted by atomic mass is 9.84. The third-order valence-corrected chi connectivity index (χ3v) is 11.8. The highest BCUT2D eigenvalue weighted by atomic mass is 32.2. The molecule has 3 aromatic carbocycles. The van der Waals surface area contributed by atoms with Crippen LogP contribution < -0.4 is 5.73 Å². The Labute approximate surface area is 297 Å². The van der Waals surface area contributed by atoms with Gasteiger partial charge in [0.2, 0.25) is 10.0 Å². The van der Waals surface area contributed by atoms with Crippen LogP contribution in [0.25, 0.3) is 10.9 Å². The number of aromatic amines is 1. The van der Waals surface area contributed by atoms with Crippen molar-refractivity contribution >= 4 is 44.3 Å². The number of alkyl halides is 3. The molecule has 5 aromatic rings. The molecule has 0 saturated carbocycles. The van der Waals surface area contributed by atoms with Crippen LogP contribution in [-0.2, 0) is 19.6 Å². The summed E-state index contributed by atoms with van der Waals surface area (Å²) in [6, 6.07) is 18.9. The Bertz CT molecular complexity index is 2030. The summed E-state index contributed by atoms with van der Waals surface area (Å²) in [5.41, 5.74) is 8.11. The Balaban J connectivity index is 1.56. The second-order valence-corrected chi connectivity index (χ2v) is 15.0. The first-order valence-corrected chi connectivity index (χ1v) is 18.1. The minimum Gasteiger partial charge on any atom is -0.452 e. The van der Waals surface area contributed by atoms with E-state index in [2.05, 4.69) is 4.98 Å². The number of halogens is 3. The average Bonchev–Trinajstić information content (AvgIpc) is 3.78. The van der Waals surface area contributed by atoms with Gasteiger partial charge in [-0.1, -0.05) is 66.7 Å². The van der Waals surface area contributed by atoms with Crippen molar-refractivity contribution in [3.8, 4) is 0 Å². The van der Waals surface area contributed by atoms with E-state index in [1.54, 1.807) is 92.8 Å². The second-order valence-electron chi connectivity index (χ2n) is 12.0. The molecular formula is C36H37F3N4O6S2. The minimum atomic E-state index is -5.22. The third-order valence-electron chi connectivity index (χ3n) is 8.48. The first-order chi connectivity index (χ1) is 24.2. The third kappa shape index (κ3) is 7.72. The molecule has 0 spiro atoms. The van der Waals surface area contributed by atoms with Gasteiger partial charge in [-0.2, -0.15) is 17.5 Å². The molecule has 0 aliphatic carbocycles. The predicted molar refractivity (Wildman–Crippen MR) is 187 cm³/mol. The van der Waals surface area contributed by atoms with Crippen LogP contribution in [0.4, 0.5) is 18.0 Å². The molecular weight excluding hydrogens is 706 g/mol. The van der Waals surface area contributed by atoms with Crippen LogP contribution in [0, 0.1) is 0 Å². The molecule has 2 heterocycles. The first-order valence-electron chi connectivity index (χ1n) is 15.8. The number of carbonyl (C=O) groups excluding carboxylic acids is 2. The van der Waals surface area contributed by atoms with Gasteiger partial charge in [0.05, 0.1) is 30.7 Å². The van der Waals surface area contributed by atoms with E-state index in [0.29, 0.717) is 28.0 Å². The van der Waals surface area contributed by atoms with Crippen LogP contribution in [0.15, 0.2) is 108 Å². The summed E-state index contributed by atoms with van der Waals surface area (Å²) in [6.07, 6.45) is -5.15. The Morgan fingerprint density at radius 2 is 1.51 bits per heavy atom. The topological polar surface area (TPSA) is 146 Å². The number of methoxy groups -OCH3 is 1. The molecule has 0 unspecified atom stereocenters. The lowest BCUT2D eigenvalue weighted by molar-refractivity contribution is -0.186. The summed E-state index contributed by atoms with van der Waals surface area (Å²) < 4.78 is 79.1. The number of nitrogens with two attached hydrogens (primary N) is 1. The highest BCUT2D eigenvalue weighted by Crippen LogP contribution is 2.44. The number of aliphatic hydroxyl groups excluding tert-OH is 1. The molecule has 51 heavy (non-hydrogen) atoms. The van der Waals surface area contributed by atoms with E-state index in [0.717, 1.165) is 22.9 Å². The number of benzene rings is 3. The summed E-state index contributed by atoms with van der Waals surface area (Å²) in [5.74, 6) is -2.28. The monoisotopic (exact) mass is 742 g/mol. The lowest BCUT2D eigenvalue weighted by Gasteiger charge is -2.34. The SMILES string of the molecule is COC(=O)N(C(=O)[C@@H](N)C(c1ccccc1)c1ccccc1)[C@H](c1ccc([C@@H](CO)N(C(C)C)S(=O)(=O)c2ccc3cc[nH]c3c2)s1)C(F)(F)F. The summed E-state index contributed by atoms with van der Waals surface area (Å²) in [7, 11) is -3.45. The fraction of sp³-hybridized carbons (Fsp3) is 0.278. The fourth-order valence-electron chi connectivity index (χ4n) is 6.19. The Morgan fingerprint density at radius 1 is 0.922 bits per heavy atom. The largest absolute Gasteiger partial charge is 0.452 e. The molecule has 3 atom stereocenters. The highest BCUT2D eigenvalue weighted by molar-refractivity contribution is 7.89. The summed E-state index contributed by atoms with van der Waals surface area (Å²) >= 11 is 0.513. The van der Waals surface area contributed by atoms with Gasteiger partial charge in [0.15, 0.2) is 6.04 Å². The van der Waals surface area contributed by atoms with Crippen molar-refractivity contribution in [1.29, 1.82) is 0 Å². The van der Waals surface area contributed by atoms with Crippen molar-refractivity contribution in [3.63, 3.8) is 0 Å². The zero-order valence-electron chi connectivity index (χ0n) is 27.8. The van der Waals surface area contributed by atoms with E-state index < -0.39 is 69.8 Å². The fourth-order valence-corrected chi connectivity index (χ4v) is 9.30. The smallest absolute Gasteiger partial charge is 0.417 e. The molecule has 0 radical (unpaired) electrons. The van der Waals surface area contributed by atoms with Gasteiger partial charge in [-0.25, -0.2) is 18.1 Å². The van der Waals surface area contributed by atoms with Crippen molar-refractivity contribution in [3.05, 3.63) is 124 Å². The number of amides is 2. The number of imide groups is 1. The quantitative estimate of drug-likeness (QED) is 0.129. The standard InChI is InChI=1S/C36H37F3N4O6S2/c1-22(2)43(51(47,48)26-15-14-23-18-19-41-27(23)20-26)28(21-44)29-16-17-30(50-29)33(36(37,38)39)42(35(46)49-3)34(45)32(40)31(24-10-6-4-7-11-24)25-12-8-5-9-13-25/h4-20,22,28,31-33,41,44H,21,40H2,1-3H3/t28-,32+,33-/m1/s1. The number of hydrogen-bond acceptors (Lipinski definition) is 8. The molecule has 0 aliphatic rings. The Kier molecular flexibility index (Phi) is 11.4. The number of nitrogens with one attached hydrogen (secondary N) is 1. The number of aliphatic hydroxyl groups is 1. The van der Waals surface area contributed by atoms with Crippen LogP contribution in [-0.4, -0.2) is 71.7 Å². The molecule has 0 fully saturated rings. The van der Waals surface area contributed by atoms with Gasteiger partial charge in [-0.05, 0) is 60.7 Å². The number of nitrogens with zero attached hydrogens (tertiary/aromatic N) is 2. The van der Waals surface area contributed by atoms with Gasteiger partial charge in [0, 0.05) is 33.4 Å². The molecule has 0 aliphatic heterocycles. The summed E-state index contributed by atoms with van der Waals surface area (Å²) in [5, 5.41) is 11.3. The maximum atomic E-state index is 15.1. The van der Waals surface area contributed by atoms with E-state index in [9.17, 15) is 23.1 Å². The molecule has 15 heteroatoms. The number of carbonyl (C=O) groups is 2. The molecule has 2 aromatic heterocycles. The lowest BCUT2D eigenvalue weighted by Crippen LogP contribution is -2.53. The number of hydrogen-bond donors (Lipinski definition) is 3. The van der Waals surface area contributed by atoms with E-state index >= 15 is 13.2 Å². The van der Waals surface area contributed by atoms with Gasteiger partial charge in [-0.3, -0.25) is 4.79 Å². The molecule has 0 saturated heterocycles. The van der Waals surface area contributed by atoms with Crippen LogP contribution in [0.3, 0.4) is 0 Å². The van der Waals surface area contributed by atoms with Crippen molar-refractivity contribution in [2.24, 2.45) is 5.73 Å². The average molecular weight is 743 g/mol. The van der Waals surface area contributed by atoms with Gasteiger partial charge in [-0.15, -0.1) is 11.3 Å². The molecule has 10 nitrogen and oxygen atoms in total. The van der Waals surface area contributed by atoms with Gasteiger partial charge in [0.25, 0.3) is 5.91 Å². The molecule has 2 amide bonds. The van der Waals surface area contributed by atoms with Crippen LogP contribution >= 0.6 is 11.3 Å². The van der Waals surface area contributed by atoms with Gasteiger partial charge >= 0.3 is 12.3 Å². The maximum Gasteiger partial charge on any atom is 0.417 e. The maximum absolute atomic E-state index is 15.1. The molecule has 270 valence electrons. The van der Waals surface area contributed by atoms with Crippen LogP contribution in [0.1, 0.15) is 52.7 Å². The Hall–Kier alpha value is -4.54. The molecule has 5 rings (SSSR count). The second kappa shape index (κ2) is 15.4. The van der Waals surface area contributed by atoms with E-state index in [1.165, 1.54) is 18.2 Å². The molecule has 0 bridgehead atoms. The van der Waals surface area contributed by atoms with Crippen molar-refractivity contribution in [2.45, 2.75) is 55.0 Å². The van der Waals surface area contributed by atoms with E-state index in [-0.39, 0.29) is 14.7 Å². The number of fused-ring (bicyclic) bond motifs is 1. The normalized spacial score (nSPS) is 14.2. The van der Waals surface area contributed by atoms with Gasteiger partial charge < -0.3 is 20.6 Å². The van der Waals surface area contributed by atoms with E-state index in [1.807, 2.05) is 0 Å². The zero-order valence-corrected chi connectivity index (χ0v) is 29.5. The predicted octanol–water partition coefficient (Wildman–Crippen LogP) is 6.72. The number of aromatic nitrogens is 1. The van der Waals surface area contributed by atoms with Crippen LogP contribution in [0.5, 0.6) is 0 Å². The number of thiophene rings is 1. The van der Waals surface area contributed by atoms with Crippen molar-refractivity contribution in [1.82, 2.24) is 14.2 Å². The van der Waals surface area contributed by atoms with Crippen molar-refractivity contribution < 1.29 is 41.0 Å². The van der Waals surface area contributed by atoms with Crippen molar-refractivity contribution in [2.75, 3.05) is 13.7 Å². The summed E-state index contributed by atoms with van der Waals surface area (Å²) in [4.78, 5) is 29.7. The minimum absolute atomic E-state index is 0.0321. The van der Waals surface area contributed by atoms with Gasteiger partial charge in [0.1, 0.15) is 0 Å². The molecule has 4 N–H and O–H groups in total. The highest BCUT2D eigenvalue weighted by Gasteiger charge is 2.52. The van der Waals surface area contributed by atoms with E-state index in [4.69, 9.17) is 10.5 Å². The summed E-state index contributed by atoms with van der Waals surface area (Å²) in [6.45, 7) is 2.38. The Morgan fingerprint density at radius 3 is 2.04 bits per heavy atom.